The third-order valence-corrected chi connectivity index (χ3v) is 6.17. The molecule has 1 saturated heterocycles. The Morgan fingerprint density at radius 1 is 1.29 bits per heavy atom. The molecule has 4 nitrogen and oxygen atoms in total. The molecule has 0 aromatic carbocycles. The fraction of sp³-hybridized carbons (Fsp3) is 1.00. The lowest BCUT2D eigenvalue weighted by molar-refractivity contribution is -0.115. The summed E-state index contributed by atoms with van der Waals surface area (Å²) in [6, 6.07) is 0. The summed E-state index contributed by atoms with van der Waals surface area (Å²) in [4.78, 5) is 2.27. The molecule has 3 rings (SSSR count). The Morgan fingerprint density at radius 2 is 2.00 bits per heavy atom. The second kappa shape index (κ2) is 5.80. The molecule has 3 fully saturated rings. The van der Waals surface area contributed by atoms with E-state index in [0.717, 1.165) is 32.2 Å². The first-order valence-corrected chi connectivity index (χ1v) is 8.51. The molecule has 122 valence electrons. The van der Waals surface area contributed by atoms with Crippen LogP contribution in [-0.2, 0) is 9.47 Å². The summed E-state index contributed by atoms with van der Waals surface area (Å²) < 4.78 is 11.6. The highest BCUT2D eigenvalue weighted by Gasteiger charge is 2.60. The molecule has 1 aliphatic heterocycles. The molecule has 0 aromatic rings. The number of ether oxygens (including phenoxy) is 2. The molecule has 21 heavy (non-hydrogen) atoms. The van der Waals surface area contributed by atoms with Gasteiger partial charge in [0, 0.05) is 19.6 Å². The smallest absolute Gasteiger partial charge is 0.0900 e. The van der Waals surface area contributed by atoms with E-state index in [2.05, 4.69) is 25.7 Å². The van der Waals surface area contributed by atoms with E-state index in [4.69, 9.17) is 9.47 Å². The first kappa shape index (κ1) is 15.7. The first-order valence-electron chi connectivity index (χ1n) is 8.51. The average molecular weight is 297 g/mol. The van der Waals surface area contributed by atoms with Gasteiger partial charge in [-0.25, -0.2) is 0 Å². The number of β-amino-alcohol motifs (C(OH)–C–C–N with tert-alkyl or cyclic N) is 1. The van der Waals surface area contributed by atoms with Crippen molar-refractivity contribution in [2.75, 3.05) is 39.5 Å². The lowest BCUT2D eigenvalue weighted by Gasteiger charge is -2.42. The number of rotatable bonds is 5. The van der Waals surface area contributed by atoms with Crippen LogP contribution in [0.15, 0.2) is 0 Å². The van der Waals surface area contributed by atoms with Gasteiger partial charge in [0.15, 0.2) is 0 Å². The fourth-order valence-electron chi connectivity index (χ4n) is 5.01. The number of hydrogen-bond acceptors (Lipinski definition) is 4. The van der Waals surface area contributed by atoms with Gasteiger partial charge in [-0.2, -0.15) is 0 Å². The maximum absolute atomic E-state index is 10.3. The Kier molecular flexibility index (Phi) is 4.34. The predicted octanol–water partition coefficient (Wildman–Crippen LogP) is 1.91. The van der Waals surface area contributed by atoms with Crippen molar-refractivity contribution < 1.29 is 14.6 Å². The molecule has 0 amide bonds. The van der Waals surface area contributed by atoms with Gasteiger partial charge in [-0.15, -0.1) is 0 Å². The third kappa shape index (κ3) is 3.00. The van der Waals surface area contributed by atoms with Crippen LogP contribution in [0.3, 0.4) is 0 Å². The van der Waals surface area contributed by atoms with Gasteiger partial charge in [-0.05, 0) is 36.0 Å². The van der Waals surface area contributed by atoms with Gasteiger partial charge in [-0.3, -0.25) is 4.90 Å². The Hall–Kier alpha value is -0.160. The van der Waals surface area contributed by atoms with Crippen LogP contribution in [0.4, 0.5) is 0 Å². The zero-order valence-corrected chi connectivity index (χ0v) is 13.8. The largest absolute Gasteiger partial charge is 0.389 e. The fourth-order valence-corrected chi connectivity index (χ4v) is 5.01. The van der Waals surface area contributed by atoms with E-state index in [0.29, 0.717) is 24.7 Å². The number of nitrogens with zero attached hydrogens (tertiary/aromatic N) is 1. The van der Waals surface area contributed by atoms with Crippen molar-refractivity contribution >= 4 is 0 Å². The minimum Gasteiger partial charge on any atom is -0.389 e. The van der Waals surface area contributed by atoms with Gasteiger partial charge in [-0.1, -0.05) is 20.8 Å². The molecule has 2 aliphatic carbocycles. The van der Waals surface area contributed by atoms with E-state index >= 15 is 0 Å². The van der Waals surface area contributed by atoms with E-state index in [1.165, 1.54) is 19.3 Å². The number of aliphatic hydroxyl groups excluding tert-OH is 1. The van der Waals surface area contributed by atoms with Crippen molar-refractivity contribution in [1.82, 2.24) is 4.90 Å². The predicted molar refractivity (Wildman–Crippen MR) is 82.2 cm³/mol. The van der Waals surface area contributed by atoms with Crippen LogP contribution in [-0.4, -0.2) is 61.7 Å². The van der Waals surface area contributed by atoms with E-state index in [-0.39, 0.29) is 11.5 Å². The van der Waals surface area contributed by atoms with E-state index < -0.39 is 0 Å². The number of fused-ring (bicyclic) bond motifs is 2. The minimum atomic E-state index is -0.387. The van der Waals surface area contributed by atoms with Crippen LogP contribution in [0, 0.1) is 16.7 Å². The van der Waals surface area contributed by atoms with Crippen molar-refractivity contribution in [1.29, 1.82) is 0 Å². The summed E-state index contributed by atoms with van der Waals surface area (Å²) in [7, 11) is 0. The first-order chi connectivity index (χ1) is 9.92. The summed E-state index contributed by atoms with van der Waals surface area (Å²) in [6.45, 7) is 11.6. The summed E-state index contributed by atoms with van der Waals surface area (Å²) in [5.74, 6) is 0.795. The van der Waals surface area contributed by atoms with E-state index in [1.807, 2.05) is 0 Å². The molecule has 1 heterocycles. The van der Waals surface area contributed by atoms with E-state index in [9.17, 15) is 5.11 Å². The lowest BCUT2D eigenvalue weighted by atomic mass is 9.70. The molecule has 3 aliphatic rings. The monoisotopic (exact) mass is 297 g/mol. The van der Waals surface area contributed by atoms with Crippen molar-refractivity contribution in [3.63, 3.8) is 0 Å². The molecule has 2 bridgehead atoms. The second-order valence-electron chi connectivity index (χ2n) is 8.20. The topological polar surface area (TPSA) is 41.9 Å². The molecular formula is C17H31NO3. The highest BCUT2D eigenvalue weighted by molar-refractivity contribution is 5.09. The molecule has 4 atom stereocenters. The maximum Gasteiger partial charge on any atom is 0.0900 e. The molecule has 2 saturated carbocycles. The van der Waals surface area contributed by atoms with Gasteiger partial charge in [0.1, 0.15) is 0 Å². The Bertz CT molecular complexity index is 362. The van der Waals surface area contributed by atoms with Gasteiger partial charge in [0.05, 0.1) is 32.0 Å². The zero-order valence-electron chi connectivity index (χ0n) is 13.8. The normalized spacial score (nSPS) is 40.6. The average Bonchev–Trinajstić information content (AvgIpc) is 2.90. The lowest BCUT2D eigenvalue weighted by Crippen LogP contribution is -2.46. The zero-order chi connectivity index (χ0) is 15.1. The molecular weight excluding hydrogens is 266 g/mol. The van der Waals surface area contributed by atoms with Crippen molar-refractivity contribution in [2.45, 2.75) is 52.2 Å². The SMILES string of the molecule is CC1(C)[C@@H]2CC[C@@](C)(C2)[C@@H]1OC[C@H](O)CN1CCOCC1. The maximum atomic E-state index is 10.3. The van der Waals surface area contributed by atoms with Crippen LogP contribution in [0.1, 0.15) is 40.0 Å². The van der Waals surface area contributed by atoms with Crippen LogP contribution in [0.5, 0.6) is 0 Å². The second-order valence-corrected chi connectivity index (χ2v) is 8.20. The van der Waals surface area contributed by atoms with Crippen molar-refractivity contribution in [2.24, 2.45) is 16.7 Å². The Labute approximate surface area is 128 Å². The van der Waals surface area contributed by atoms with Crippen LogP contribution < -0.4 is 0 Å². The highest BCUT2D eigenvalue weighted by atomic mass is 16.5. The number of aliphatic hydroxyl groups is 1. The van der Waals surface area contributed by atoms with Crippen LogP contribution in [0.25, 0.3) is 0 Å². The molecule has 0 unspecified atom stereocenters. The van der Waals surface area contributed by atoms with Gasteiger partial charge < -0.3 is 14.6 Å². The van der Waals surface area contributed by atoms with Crippen LogP contribution >= 0.6 is 0 Å². The summed E-state index contributed by atoms with van der Waals surface area (Å²) in [6.07, 6.45) is 3.83. The van der Waals surface area contributed by atoms with Crippen molar-refractivity contribution in [3.05, 3.63) is 0 Å². The van der Waals surface area contributed by atoms with Gasteiger partial charge in [0.2, 0.25) is 0 Å². The van der Waals surface area contributed by atoms with Crippen molar-refractivity contribution in [3.8, 4) is 0 Å². The summed E-state index contributed by atoms with van der Waals surface area (Å²) in [5, 5.41) is 10.3. The van der Waals surface area contributed by atoms with Gasteiger partial charge in [0.25, 0.3) is 0 Å². The number of hydrogen-bond donors (Lipinski definition) is 1. The molecule has 0 spiro atoms. The third-order valence-electron chi connectivity index (χ3n) is 6.17. The van der Waals surface area contributed by atoms with Crippen LogP contribution in [0.2, 0.25) is 0 Å². The van der Waals surface area contributed by atoms with Gasteiger partial charge >= 0.3 is 0 Å². The molecule has 1 N–H and O–H groups in total. The molecule has 4 heteroatoms. The standard InChI is InChI=1S/C17H31NO3/c1-16(2)13-4-5-17(3,10-13)15(16)21-12-14(19)11-18-6-8-20-9-7-18/h13-15,19H,4-12H2,1-3H3/t13-,14-,15-,17+/m1/s1. The van der Waals surface area contributed by atoms with E-state index in [1.54, 1.807) is 0 Å². The Morgan fingerprint density at radius 3 is 2.62 bits per heavy atom. The quantitative estimate of drug-likeness (QED) is 0.842. The molecule has 0 aromatic heterocycles. The summed E-state index contributed by atoms with van der Waals surface area (Å²) >= 11 is 0. The molecule has 0 radical (unpaired) electrons. The Balaban J connectivity index is 1.50. The highest BCUT2D eigenvalue weighted by Crippen LogP contribution is 2.63. The minimum absolute atomic E-state index is 0.256. The number of morpholine rings is 1. The summed E-state index contributed by atoms with van der Waals surface area (Å²) in [5.41, 5.74) is 0.582.